The van der Waals surface area contributed by atoms with Gasteiger partial charge in [0.1, 0.15) is 18.3 Å². The molecule has 1 N–H and O–H groups in total. The third kappa shape index (κ3) is 4.36. The minimum Gasteiger partial charge on any atom is -0.385 e. The second-order valence-electron chi connectivity index (χ2n) is 7.90. The highest BCUT2D eigenvalue weighted by atomic mass is 16.3. The summed E-state index contributed by atoms with van der Waals surface area (Å²) in [6.07, 6.45) is 6.17. The van der Waals surface area contributed by atoms with Gasteiger partial charge >= 0.3 is 0 Å². The summed E-state index contributed by atoms with van der Waals surface area (Å²) in [6.45, 7) is 3.33. The van der Waals surface area contributed by atoms with Gasteiger partial charge in [-0.3, -0.25) is 9.69 Å². The molecule has 0 unspecified atom stereocenters. The van der Waals surface area contributed by atoms with Crippen LogP contribution < -0.4 is 0 Å². The molecule has 7 nitrogen and oxygen atoms in total. The molecule has 144 valence electrons. The molecule has 1 atom stereocenters. The van der Waals surface area contributed by atoms with Gasteiger partial charge in [-0.1, -0.05) is 36.8 Å². The van der Waals surface area contributed by atoms with Gasteiger partial charge in [0, 0.05) is 32.1 Å². The maximum absolute atomic E-state index is 12.8. The zero-order valence-electron chi connectivity index (χ0n) is 15.6. The smallest absolute Gasteiger partial charge is 0.225 e. The van der Waals surface area contributed by atoms with E-state index in [1.807, 2.05) is 23.1 Å². The molecule has 0 radical (unpaired) electrons. The van der Waals surface area contributed by atoms with Gasteiger partial charge in [0.25, 0.3) is 0 Å². The summed E-state index contributed by atoms with van der Waals surface area (Å²) >= 11 is 0. The molecule has 27 heavy (non-hydrogen) atoms. The maximum Gasteiger partial charge on any atom is 0.225 e. The number of aromatic nitrogens is 3. The Morgan fingerprint density at radius 2 is 2.00 bits per heavy atom. The van der Waals surface area contributed by atoms with Crippen LogP contribution in [0.5, 0.6) is 0 Å². The summed E-state index contributed by atoms with van der Waals surface area (Å²) in [5.74, 6) is 0.334. The second kappa shape index (κ2) is 7.78. The predicted octanol–water partition coefficient (Wildman–Crippen LogP) is 1.15. The third-order valence-electron chi connectivity index (χ3n) is 5.63. The SMILES string of the molecule is O=C(C1CCC1)N1CCN(Cc2ccccc2)C[C@@](O)(Cn2cncn2)C1. The summed E-state index contributed by atoms with van der Waals surface area (Å²) in [6, 6.07) is 10.3. The molecule has 2 aromatic rings. The molecule has 1 saturated heterocycles. The molecule has 2 aliphatic rings. The van der Waals surface area contributed by atoms with Gasteiger partial charge < -0.3 is 10.0 Å². The van der Waals surface area contributed by atoms with Crippen LogP contribution in [0.1, 0.15) is 24.8 Å². The van der Waals surface area contributed by atoms with Crippen molar-refractivity contribution in [2.45, 2.75) is 38.0 Å². The maximum atomic E-state index is 12.8. The molecule has 1 amide bonds. The summed E-state index contributed by atoms with van der Waals surface area (Å²) in [5, 5.41) is 15.6. The Morgan fingerprint density at radius 1 is 1.19 bits per heavy atom. The molecule has 0 spiro atoms. The highest BCUT2D eigenvalue weighted by molar-refractivity contribution is 5.79. The molecule has 2 fully saturated rings. The van der Waals surface area contributed by atoms with E-state index in [0.717, 1.165) is 32.4 Å². The monoisotopic (exact) mass is 369 g/mol. The quantitative estimate of drug-likeness (QED) is 0.856. The second-order valence-corrected chi connectivity index (χ2v) is 7.90. The van der Waals surface area contributed by atoms with Crippen molar-refractivity contribution in [1.29, 1.82) is 0 Å². The number of β-amino-alcohol motifs (C(OH)–C–C–N with tert-alkyl or cyclic N) is 1. The van der Waals surface area contributed by atoms with Crippen molar-refractivity contribution in [3.63, 3.8) is 0 Å². The number of hydrogen-bond acceptors (Lipinski definition) is 5. The topological polar surface area (TPSA) is 74.5 Å². The summed E-state index contributed by atoms with van der Waals surface area (Å²) < 4.78 is 1.65. The molecule has 1 aliphatic heterocycles. The van der Waals surface area contributed by atoms with E-state index in [0.29, 0.717) is 26.2 Å². The molecule has 4 rings (SSSR count). The van der Waals surface area contributed by atoms with Gasteiger partial charge in [0.2, 0.25) is 5.91 Å². The van der Waals surface area contributed by atoms with Crippen LogP contribution in [-0.4, -0.2) is 67.4 Å². The lowest BCUT2D eigenvalue weighted by atomic mass is 9.84. The van der Waals surface area contributed by atoms with Crippen molar-refractivity contribution >= 4 is 5.91 Å². The predicted molar refractivity (Wildman–Crippen MR) is 101 cm³/mol. The Labute approximate surface area is 159 Å². The molecule has 1 aliphatic carbocycles. The number of nitrogens with zero attached hydrogens (tertiary/aromatic N) is 5. The number of carbonyl (C=O) groups is 1. The summed E-state index contributed by atoms with van der Waals surface area (Å²) in [4.78, 5) is 20.9. The van der Waals surface area contributed by atoms with Crippen LogP contribution in [0, 0.1) is 5.92 Å². The number of rotatable bonds is 5. The Morgan fingerprint density at radius 3 is 2.67 bits per heavy atom. The molecule has 0 bridgehead atoms. The average molecular weight is 369 g/mol. The minimum absolute atomic E-state index is 0.140. The Kier molecular flexibility index (Phi) is 5.22. The largest absolute Gasteiger partial charge is 0.385 e. The first-order valence-electron chi connectivity index (χ1n) is 9.71. The number of benzene rings is 1. The zero-order chi connectivity index (χ0) is 18.7. The van der Waals surface area contributed by atoms with Crippen molar-refractivity contribution in [2.75, 3.05) is 26.2 Å². The van der Waals surface area contributed by atoms with E-state index in [1.165, 1.54) is 11.9 Å². The first-order chi connectivity index (χ1) is 13.1. The number of carbonyl (C=O) groups excluding carboxylic acids is 1. The van der Waals surface area contributed by atoms with Gasteiger partial charge in [-0.25, -0.2) is 9.67 Å². The summed E-state index contributed by atoms with van der Waals surface area (Å²) in [5.41, 5.74) is 0.151. The van der Waals surface area contributed by atoms with E-state index in [1.54, 1.807) is 11.0 Å². The van der Waals surface area contributed by atoms with Crippen molar-refractivity contribution in [3.05, 3.63) is 48.5 Å². The molecule has 1 saturated carbocycles. The zero-order valence-corrected chi connectivity index (χ0v) is 15.6. The fourth-order valence-corrected chi connectivity index (χ4v) is 4.04. The van der Waals surface area contributed by atoms with Gasteiger partial charge in [-0.05, 0) is 18.4 Å². The van der Waals surface area contributed by atoms with E-state index >= 15 is 0 Å². The number of hydrogen-bond donors (Lipinski definition) is 1. The third-order valence-corrected chi connectivity index (χ3v) is 5.63. The van der Waals surface area contributed by atoms with Crippen LogP contribution in [0.15, 0.2) is 43.0 Å². The lowest BCUT2D eigenvalue weighted by molar-refractivity contribution is -0.141. The minimum atomic E-state index is -1.06. The van der Waals surface area contributed by atoms with Crippen molar-refractivity contribution < 1.29 is 9.90 Å². The lowest BCUT2D eigenvalue weighted by Crippen LogP contribution is -2.52. The standard InChI is InChI=1S/C20H27N5O2/c26-19(18-7-4-8-18)24-10-9-23(11-17-5-2-1-3-6-17)12-20(27,13-24)14-25-16-21-15-22-25/h1-3,5-6,15-16,18,27H,4,7-14H2/t20-/m0/s1. The number of aliphatic hydroxyl groups is 1. The molecule has 1 aromatic heterocycles. The number of amides is 1. The van der Waals surface area contributed by atoms with Crippen molar-refractivity contribution in [3.8, 4) is 0 Å². The normalized spacial score (nSPS) is 24.4. The highest BCUT2D eigenvalue weighted by Gasteiger charge is 2.39. The van der Waals surface area contributed by atoms with Crippen LogP contribution in [-0.2, 0) is 17.9 Å². The summed E-state index contributed by atoms with van der Waals surface area (Å²) in [7, 11) is 0. The molecular weight excluding hydrogens is 342 g/mol. The van der Waals surface area contributed by atoms with E-state index in [9.17, 15) is 9.90 Å². The van der Waals surface area contributed by atoms with Gasteiger partial charge in [0.15, 0.2) is 0 Å². The van der Waals surface area contributed by atoms with Crippen molar-refractivity contribution in [1.82, 2.24) is 24.6 Å². The average Bonchev–Trinajstić information content (AvgIpc) is 3.04. The molecular formula is C20H27N5O2. The Bertz CT molecular complexity index is 747. The van der Waals surface area contributed by atoms with Crippen LogP contribution in [0.25, 0.3) is 0 Å². The first kappa shape index (κ1) is 18.1. The molecule has 1 aromatic carbocycles. The highest BCUT2D eigenvalue weighted by Crippen LogP contribution is 2.29. The van der Waals surface area contributed by atoms with Crippen LogP contribution in [0.2, 0.25) is 0 Å². The van der Waals surface area contributed by atoms with Crippen LogP contribution in [0.3, 0.4) is 0 Å². The van der Waals surface area contributed by atoms with E-state index < -0.39 is 5.60 Å². The van der Waals surface area contributed by atoms with Gasteiger partial charge in [0.05, 0.1) is 13.1 Å². The van der Waals surface area contributed by atoms with Gasteiger partial charge in [-0.2, -0.15) is 5.10 Å². The first-order valence-corrected chi connectivity index (χ1v) is 9.71. The van der Waals surface area contributed by atoms with Crippen molar-refractivity contribution in [2.24, 2.45) is 5.92 Å². The van der Waals surface area contributed by atoms with E-state index in [-0.39, 0.29) is 11.8 Å². The Hall–Kier alpha value is -2.25. The Balaban J connectivity index is 1.52. The molecule has 7 heteroatoms. The van der Waals surface area contributed by atoms with Crippen LogP contribution >= 0.6 is 0 Å². The van der Waals surface area contributed by atoms with E-state index in [2.05, 4.69) is 27.1 Å². The fraction of sp³-hybridized carbons (Fsp3) is 0.550. The van der Waals surface area contributed by atoms with Crippen LogP contribution in [0.4, 0.5) is 0 Å². The fourth-order valence-electron chi connectivity index (χ4n) is 4.04. The molecule has 2 heterocycles. The van der Waals surface area contributed by atoms with Gasteiger partial charge in [-0.15, -0.1) is 0 Å². The van der Waals surface area contributed by atoms with E-state index in [4.69, 9.17) is 0 Å². The lowest BCUT2D eigenvalue weighted by Gasteiger charge is -2.35.